The van der Waals surface area contributed by atoms with E-state index in [1.165, 1.54) is 0 Å². The SMILES string of the molecule is Nc1cc(Br)c2ncccc2c1. The maximum atomic E-state index is 5.67. The number of pyridine rings is 1. The fraction of sp³-hybridized carbons (Fsp3) is 0. The van der Waals surface area contributed by atoms with E-state index in [0.29, 0.717) is 0 Å². The summed E-state index contributed by atoms with van der Waals surface area (Å²) in [7, 11) is 0. The van der Waals surface area contributed by atoms with Crippen LogP contribution in [0.5, 0.6) is 0 Å². The van der Waals surface area contributed by atoms with Crippen molar-refractivity contribution in [3.05, 3.63) is 34.9 Å². The lowest BCUT2D eigenvalue weighted by molar-refractivity contribution is 1.40. The van der Waals surface area contributed by atoms with Crippen LogP contribution in [0, 0.1) is 0 Å². The van der Waals surface area contributed by atoms with Crippen molar-refractivity contribution < 1.29 is 0 Å². The fourth-order valence-electron chi connectivity index (χ4n) is 1.17. The van der Waals surface area contributed by atoms with Gasteiger partial charge in [-0.15, -0.1) is 0 Å². The summed E-state index contributed by atoms with van der Waals surface area (Å²) in [4.78, 5) is 4.22. The average Bonchev–Trinajstić information content (AvgIpc) is 2.04. The topological polar surface area (TPSA) is 38.9 Å². The summed E-state index contributed by atoms with van der Waals surface area (Å²) in [5.74, 6) is 0. The van der Waals surface area contributed by atoms with Crippen molar-refractivity contribution in [2.75, 3.05) is 5.73 Å². The Morgan fingerprint density at radius 2 is 2.17 bits per heavy atom. The molecule has 1 aromatic heterocycles. The van der Waals surface area contributed by atoms with E-state index in [1.54, 1.807) is 6.20 Å². The lowest BCUT2D eigenvalue weighted by Crippen LogP contribution is -1.86. The average molecular weight is 223 g/mol. The number of anilines is 1. The van der Waals surface area contributed by atoms with Crippen LogP contribution in [0.25, 0.3) is 10.9 Å². The van der Waals surface area contributed by atoms with Crippen molar-refractivity contribution in [3.8, 4) is 0 Å². The molecule has 0 spiro atoms. The van der Waals surface area contributed by atoms with Crippen LogP contribution < -0.4 is 5.73 Å². The summed E-state index contributed by atoms with van der Waals surface area (Å²) in [6.07, 6.45) is 1.77. The summed E-state index contributed by atoms with van der Waals surface area (Å²) in [5.41, 5.74) is 7.37. The van der Waals surface area contributed by atoms with Gasteiger partial charge in [0.2, 0.25) is 0 Å². The molecule has 0 amide bonds. The second kappa shape index (κ2) is 2.75. The van der Waals surface area contributed by atoms with Gasteiger partial charge in [0.1, 0.15) is 0 Å². The Morgan fingerprint density at radius 1 is 1.33 bits per heavy atom. The standard InChI is InChI=1S/C9H7BrN2/c10-8-5-7(11)4-6-2-1-3-12-9(6)8/h1-5H,11H2. The fourth-order valence-corrected chi connectivity index (χ4v) is 1.77. The van der Waals surface area contributed by atoms with Crippen LogP contribution in [0.15, 0.2) is 34.9 Å². The Kier molecular flexibility index (Phi) is 1.73. The zero-order chi connectivity index (χ0) is 8.55. The van der Waals surface area contributed by atoms with Crippen molar-refractivity contribution in [2.24, 2.45) is 0 Å². The van der Waals surface area contributed by atoms with Crippen molar-refractivity contribution in [1.29, 1.82) is 0 Å². The van der Waals surface area contributed by atoms with Crippen LogP contribution >= 0.6 is 15.9 Å². The van der Waals surface area contributed by atoms with E-state index in [-0.39, 0.29) is 0 Å². The summed E-state index contributed by atoms with van der Waals surface area (Å²) in [6, 6.07) is 7.65. The summed E-state index contributed by atoms with van der Waals surface area (Å²) < 4.78 is 0.943. The molecule has 0 bridgehead atoms. The van der Waals surface area contributed by atoms with Gasteiger partial charge in [-0.25, -0.2) is 0 Å². The molecule has 0 aliphatic rings. The van der Waals surface area contributed by atoms with Crippen molar-refractivity contribution in [3.63, 3.8) is 0 Å². The van der Waals surface area contributed by atoms with Crippen molar-refractivity contribution in [2.45, 2.75) is 0 Å². The highest BCUT2D eigenvalue weighted by Gasteiger charge is 1.99. The first-order chi connectivity index (χ1) is 5.77. The Morgan fingerprint density at radius 3 is 3.00 bits per heavy atom. The zero-order valence-electron chi connectivity index (χ0n) is 6.29. The normalized spacial score (nSPS) is 10.4. The Hall–Kier alpha value is -1.09. The minimum Gasteiger partial charge on any atom is -0.399 e. The minimum atomic E-state index is 0.752. The maximum Gasteiger partial charge on any atom is 0.0845 e. The largest absolute Gasteiger partial charge is 0.399 e. The zero-order valence-corrected chi connectivity index (χ0v) is 7.88. The van der Waals surface area contributed by atoms with Gasteiger partial charge in [-0.3, -0.25) is 4.98 Å². The van der Waals surface area contributed by atoms with Gasteiger partial charge in [-0.1, -0.05) is 6.07 Å². The summed E-state index contributed by atoms with van der Waals surface area (Å²) in [5, 5.41) is 1.06. The Labute approximate surface area is 78.5 Å². The van der Waals surface area contributed by atoms with E-state index in [0.717, 1.165) is 21.1 Å². The molecule has 0 unspecified atom stereocenters. The van der Waals surface area contributed by atoms with E-state index in [4.69, 9.17) is 5.73 Å². The summed E-state index contributed by atoms with van der Waals surface area (Å²) >= 11 is 3.41. The molecular weight excluding hydrogens is 216 g/mol. The molecule has 1 heterocycles. The molecule has 12 heavy (non-hydrogen) atoms. The van der Waals surface area contributed by atoms with Crippen LogP contribution in [0.4, 0.5) is 5.69 Å². The molecule has 0 saturated heterocycles. The van der Waals surface area contributed by atoms with Crippen molar-refractivity contribution in [1.82, 2.24) is 4.98 Å². The predicted octanol–water partition coefficient (Wildman–Crippen LogP) is 2.58. The maximum absolute atomic E-state index is 5.67. The molecule has 0 aliphatic carbocycles. The minimum absolute atomic E-state index is 0.752. The van der Waals surface area contributed by atoms with Gasteiger partial charge in [0.15, 0.2) is 0 Å². The van der Waals surface area contributed by atoms with Crippen LogP contribution in [0.1, 0.15) is 0 Å². The molecule has 2 rings (SSSR count). The third-order valence-corrected chi connectivity index (χ3v) is 2.29. The Bertz CT molecular complexity index is 426. The predicted molar refractivity (Wildman–Crippen MR) is 53.9 cm³/mol. The molecule has 0 radical (unpaired) electrons. The molecule has 1 aromatic carbocycles. The van der Waals surface area contributed by atoms with E-state index < -0.39 is 0 Å². The molecular formula is C9H7BrN2. The highest BCUT2D eigenvalue weighted by atomic mass is 79.9. The molecule has 0 fully saturated rings. The van der Waals surface area contributed by atoms with Gasteiger partial charge in [0, 0.05) is 21.7 Å². The molecule has 2 N–H and O–H groups in total. The number of benzene rings is 1. The molecule has 2 nitrogen and oxygen atoms in total. The van der Waals surface area contributed by atoms with Crippen LogP contribution in [-0.2, 0) is 0 Å². The third-order valence-electron chi connectivity index (χ3n) is 1.68. The number of nitrogen functional groups attached to an aromatic ring is 1. The van der Waals surface area contributed by atoms with Crippen LogP contribution in [-0.4, -0.2) is 4.98 Å². The quantitative estimate of drug-likeness (QED) is 0.697. The second-order valence-electron chi connectivity index (χ2n) is 2.58. The number of fused-ring (bicyclic) bond motifs is 1. The van der Waals surface area contributed by atoms with Gasteiger partial charge in [-0.05, 0) is 34.1 Å². The first kappa shape index (κ1) is 7.55. The number of hydrogen-bond acceptors (Lipinski definition) is 2. The monoisotopic (exact) mass is 222 g/mol. The first-order valence-electron chi connectivity index (χ1n) is 3.57. The smallest absolute Gasteiger partial charge is 0.0845 e. The van der Waals surface area contributed by atoms with Crippen LogP contribution in [0.2, 0.25) is 0 Å². The van der Waals surface area contributed by atoms with E-state index in [2.05, 4.69) is 20.9 Å². The number of nitrogens with two attached hydrogens (primary N) is 1. The number of hydrogen-bond donors (Lipinski definition) is 1. The van der Waals surface area contributed by atoms with E-state index >= 15 is 0 Å². The van der Waals surface area contributed by atoms with Gasteiger partial charge in [0.25, 0.3) is 0 Å². The molecule has 0 saturated carbocycles. The number of nitrogens with zero attached hydrogens (tertiary/aromatic N) is 1. The second-order valence-corrected chi connectivity index (χ2v) is 3.43. The van der Waals surface area contributed by atoms with Crippen LogP contribution in [0.3, 0.4) is 0 Å². The number of rotatable bonds is 0. The van der Waals surface area contributed by atoms with Gasteiger partial charge >= 0.3 is 0 Å². The number of halogens is 1. The number of aromatic nitrogens is 1. The molecule has 0 aliphatic heterocycles. The van der Waals surface area contributed by atoms with Gasteiger partial charge in [0.05, 0.1) is 5.52 Å². The Balaban J connectivity index is 2.89. The lowest BCUT2D eigenvalue weighted by Gasteiger charge is -2.00. The lowest BCUT2D eigenvalue weighted by atomic mass is 10.2. The highest BCUT2D eigenvalue weighted by molar-refractivity contribution is 9.10. The van der Waals surface area contributed by atoms with E-state index in [1.807, 2.05) is 24.3 Å². The first-order valence-corrected chi connectivity index (χ1v) is 4.36. The third kappa shape index (κ3) is 1.16. The molecule has 60 valence electrons. The van der Waals surface area contributed by atoms with Gasteiger partial charge in [-0.2, -0.15) is 0 Å². The molecule has 2 aromatic rings. The van der Waals surface area contributed by atoms with Crippen molar-refractivity contribution >= 4 is 32.5 Å². The summed E-state index contributed by atoms with van der Waals surface area (Å²) in [6.45, 7) is 0. The molecule has 0 atom stereocenters. The highest BCUT2D eigenvalue weighted by Crippen LogP contribution is 2.24. The van der Waals surface area contributed by atoms with Gasteiger partial charge < -0.3 is 5.73 Å². The van der Waals surface area contributed by atoms with E-state index in [9.17, 15) is 0 Å². The molecule has 3 heteroatoms.